The maximum atomic E-state index is 11.4. The van der Waals surface area contributed by atoms with Gasteiger partial charge in [0.1, 0.15) is 0 Å². The van der Waals surface area contributed by atoms with E-state index < -0.39 is 0 Å². The van der Waals surface area contributed by atoms with E-state index in [2.05, 4.69) is 15.5 Å². The van der Waals surface area contributed by atoms with Gasteiger partial charge in [-0.3, -0.25) is 9.89 Å². The van der Waals surface area contributed by atoms with Crippen LogP contribution in [0.3, 0.4) is 0 Å². The standard InChI is InChI=1S/C8H13N3O2/c1-5-7(6(2)11-10-5)8(13)9-3-4-12/h12H,3-4H2,1-2H3,(H,9,13)(H,10,11). The number of aliphatic hydroxyl groups is 1. The van der Waals surface area contributed by atoms with Crippen LogP contribution in [0.5, 0.6) is 0 Å². The van der Waals surface area contributed by atoms with Gasteiger partial charge in [-0.1, -0.05) is 0 Å². The van der Waals surface area contributed by atoms with Gasteiger partial charge in [0, 0.05) is 12.2 Å². The fraction of sp³-hybridized carbons (Fsp3) is 0.500. The third-order valence-corrected chi connectivity index (χ3v) is 1.75. The van der Waals surface area contributed by atoms with Crippen LogP contribution in [0.25, 0.3) is 0 Å². The number of hydrogen-bond donors (Lipinski definition) is 3. The minimum absolute atomic E-state index is 0.0539. The summed E-state index contributed by atoms with van der Waals surface area (Å²) < 4.78 is 0. The van der Waals surface area contributed by atoms with Gasteiger partial charge in [0.05, 0.1) is 17.9 Å². The van der Waals surface area contributed by atoms with Crippen LogP contribution in [0, 0.1) is 13.8 Å². The largest absolute Gasteiger partial charge is 0.395 e. The van der Waals surface area contributed by atoms with Gasteiger partial charge in [-0.05, 0) is 13.8 Å². The highest BCUT2D eigenvalue weighted by Crippen LogP contribution is 2.08. The first-order valence-electron chi connectivity index (χ1n) is 4.07. The number of carbonyl (C=O) groups excluding carboxylic acids is 1. The molecule has 3 N–H and O–H groups in total. The van der Waals surface area contributed by atoms with Gasteiger partial charge in [-0.25, -0.2) is 0 Å². The Kier molecular flexibility index (Phi) is 3.02. The van der Waals surface area contributed by atoms with Crippen molar-refractivity contribution in [2.45, 2.75) is 13.8 Å². The molecule has 5 nitrogen and oxygen atoms in total. The van der Waals surface area contributed by atoms with Gasteiger partial charge >= 0.3 is 0 Å². The number of H-pyrrole nitrogens is 1. The summed E-state index contributed by atoms with van der Waals surface area (Å²) in [6.07, 6.45) is 0. The van der Waals surface area contributed by atoms with Crippen LogP contribution >= 0.6 is 0 Å². The van der Waals surface area contributed by atoms with Crippen molar-refractivity contribution in [1.29, 1.82) is 0 Å². The predicted molar refractivity (Wildman–Crippen MR) is 47.5 cm³/mol. The molecule has 0 unspecified atom stereocenters. The Balaban J connectivity index is 2.76. The molecule has 0 aliphatic carbocycles. The summed E-state index contributed by atoms with van der Waals surface area (Å²) in [4.78, 5) is 11.4. The molecule has 1 aromatic rings. The van der Waals surface area contributed by atoms with Crippen molar-refractivity contribution < 1.29 is 9.90 Å². The summed E-state index contributed by atoms with van der Waals surface area (Å²) in [5, 5.41) is 17.7. The number of nitrogens with zero attached hydrogens (tertiary/aromatic N) is 1. The Morgan fingerprint density at radius 2 is 2.31 bits per heavy atom. The third kappa shape index (κ3) is 2.06. The second kappa shape index (κ2) is 4.04. The fourth-order valence-corrected chi connectivity index (χ4v) is 1.14. The van der Waals surface area contributed by atoms with E-state index in [0.29, 0.717) is 11.3 Å². The number of aromatic amines is 1. The molecule has 0 saturated heterocycles. The molecular weight excluding hydrogens is 170 g/mol. The van der Waals surface area contributed by atoms with E-state index in [0.717, 1.165) is 5.69 Å². The van der Waals surface area contributed by atoms with Crippen molar-refractivity contribution >= 4 is 5.91 Å². The molecule has 0 aliphatic heterocycles. The molecule has 0 atom stereocenters. The molecule has 1 rings (SSSR count). The van der Waals surface area contributed by atoms with Crippen molar-refractivity contribution in [1.82, 2.24) is 15.5 Å². The highest BCUT2D eigenvalue weighted by molar-refractivity contribution is 5.96. The number of aromatic nitrogens is 2. The van der Waals surface area contributed by atoms with Crippen LogP contribution in [0.1, 0.15) is 21.7 Å². The average Bonchev–Trinajstić information content (AvgIpc) is 2.42. The lowest BCUT2D eigenvalue weighted by atomic mass is 10.2. The van der Waals surface area contributed by atoms with Gasteiger partial charge in [0.15, 0.2) is 0 Å². The summed E-state index contributed by atoms with van der Waals surface area (Å²) in [6, 6.07) is 0. The Labute approximate surface area is 76.2 Å². The number of aryl methyl sites for hydroxylation is 2. The van der Waals surface area contributed by atoms with E-state index in [1.165, 1.54) is 0 Å². The number of rotatable bonds is 3. The lowest BCUT2D eigenvalue weighted by Gasteiger charge is -2.02. The number of carbonyl (C=O) groups is 1. The maximum absolute atomic E-state index is 11.4. The number of amides is 1. The van der Waals surface area contributed by atoms with E-state index >= 15 is 0 Å². The van der Waals surface area contributed by atoms with Crippen molar-refractivity contribution in [3.05, 3.63) is 17.0 Å². The smallest absolute Gasteiger partial charge is 0.255 e. The molecular formula is C8H13N3O2. The fourth-order valence-electron chi connectivity index (χ4n) is 1.14. The summed E-state index contributed by atoms with van der Waals surface area (Å²) in [7, 11) is 0. The minimum atomic E-state index is -0.196. The zero-order chi connectivity index (χ0) is 9.84. The summed E-state index contributed by atoms with van der Waals surface area (Å²) in [6.45, 7) is 3.76. The normalized spacial score (nSPS) is 10.1. The quantitative estimate of drug-likeness (QED) is 0.604. The van der Waals surface area contributed by atoms with Crippen LogP contribution in [0.15, 0.2) is 0 Å². The second-order valence-corrected chi connectivity index (χ2v) is 2.79. The van der Waals surface area contributed by atoms with E-state index in [-0.39, 0.29) is 19.1 Å². The van der Waals surface area contributed by atoms with Crippen LogP contribution in [-0.2, 0) is 0 Å². The van der Waals surface area contributed by atoms with Gasteiger partial charge in [-0.2, -0.15) is 5.10 Å². The van der Waals surface area contributed by atoms with E-state index in [1.54, 1.807) is 13.8 Å². The highest BCUT2D eigenvalue weighted by Gasteiger charge is 2.13. The molecule has 72 valence electrons. The van der Waals surface area contributed by atoms with Gasteiger partial charge in [-0.15, -0.1) is 0 Å². The van der Waals surface area contributed by atoms with Crippen molar-refractivity contribution in [2.24, 2.45) is 0 Å². The Hall–Kier alpha value is -1.36. The predicted octanol–water partition coefficient (Wildman–Crippen LogP) is -0.251. The molecule has 0 spiro atoms. The van der Waals surface area contributed by atoms with Crippen LogP contribution in [-0.4, -0.2) is 34.4 Å². The van der Waals surface area contributed by atoms with Crippen molar-refractivity contribution in [3.8, 4) is 0 Å². The highest BCUT2D eigenvalue weighted by atomic mass is 16.3. The molecule has 13 heavy (non-hydrogen) atoms. The molecule has 0 aliphatic rings. The topological polar surface area (TPSA) is 78.0 Å². The zero-order valence-corrected chi connectivity index (χ0v) is 7.72. The summed E-state index contributed by atoms with van der Waals surface area (Å²) in [5.41, 5.74) is 1.98. The number of hydrogen-bond acceptors (Lipinski definition) is 3. The lowest BCUT2D eigenvalue weighted by molar-refractivity contribution is 0.0943. The zero-order valence-electron chi connectivity index (χ0n) is 7.72. The Morgan fingerprint density at radius 3 is 2.77 bits per heavy atom. The molecule has 1 aromatic heterocycles. The van der Waals surface area contributed by atoms with Crippen molar-refractivity contribution in [2.75, 3.05) is 13.2 Å². The molecule has 1 heterocycles. The number of nitrogens with one attached hydrogen (secondary N) is 2. The maximum Gasteiger partial charge on any atom is 0.255 e. The molecule has 0 radical (unpaired) electrons. The average molecular weight is 183 g/mol. The van der Waals surface area contributed by atoms with Crippen LogP contribution in [0.2, 0.25) is 0 Å². The molecule has 0 bridgehead atoms. The SMILES string of the molecule is Cc1n[nH]c(C)c1C(=O)NCCO. The van der Waals surface area contributed by atoms with E-state index in [9.17, 15) is 4.79 Å². The lowest BCUT2D eigenvalue weighted by Crippen LogP contribution is -2.27. The Morgan fingerprint density at radius 1 is 1.62 bits per heavy atom. The van der Waals surface area contributed by atoms with Crippen LogP contribution in [0.4, 0.5) is 0 Å². The molecule has 0 fully saturated rings. The van der Waals surface area contributed by atoms with E-state index in [1.807, 2.05) is 0 Å². The molecule has 5 heteroatoms. The van der Waals surface area contributed by atoms with Gasteiger partial charge < -0.3 is 10.4 Å². The Bertz CT molecular complexity index is 287. The summed E-state index contributed by atoms with van der Waals surface area (Å²) >= 11 is 0. The second-order valence-electron chi connectivity index (χ2n) is 2.79. The van der Waals surface area contributed by atoms with Gasteiger partial charge in [0.2, 0.25) is 0 Å². The first-order valence-corrected chi connectivity index (χ1v) is 4.07. The third-order valence-electron chi connectivity index (χ3n) is 1.75. The molecule has 0 aromatic carbocycles. The number of aliphatic hydroxyl groups excluding tert-OH is 1. The van der Waals surface area contributed by atoms with E-state index in [4.69, 9.17) is 5.11 Å². The molecule has 1 amide bonds. The monoisotopic (exact) mass is 183 g/mol. The van der Waals surface area contributed by atoms with Gasteiger partial charge in [0.25, 0.3) is 5.91 Å². The first-order chi connectivity index (χ1) is 6.16. The molecule has 0 saturated carbocycles. The van der Waals surface area contributed by atoms with Crippen molar-refractivity contribution in [3.63, 3.8) is 0 Å². The minimum Gasteiger partial charge on any atom is -0.395 e. The van der Waals surface area contributed by atoms with Crippen LogP contribution < -0.4 is 5.32 Å². The summed E-state index contributed by atoms with van der Waals surface area (Å²) in [5.74, 6) is -0.196. The first kappa shape index (κ1) is 9.73.